The van der Waals surface area contributed by atoms with Crippen LogP contribution in [0.5, 0.6) is 5.75 Å². The summed E-state index contributed by atoms with van der Waals surface area (Å²) < 4.78 is 32.6. The number of hydrogen-bond donors (Lipinski definition) is 0. The van der Waals surface area contributed by atoms with Gasteiger partial charge in [-0.2, -0.15) is 0 Å². The number of halogens is 2. The number of likely N-dealkylation sites (tertiary alicyclic amines) is 1. The average Bonchev–Trinajstić information content (AvgIpc) is 3.32. The molecule has 2 aromatic carbocycles. The first-order valence-corrected chi connectivity index (χ1v) is 11.1. The van der Waals surface area contributed by atoms with Crippen molar-refractivity contribution in [2.24, 2.45) is 0 Å². The smallest absolute Gasteiger partial charge is 0.268 e. The molecular weight excluding hydrogens is 418 g/mol. The Labute approximate surface area is 184 Å². The third-order valence-electron chi connectivity index (χ3n) is 5.61. The van der Waals surface area contributed by atoms with Crippen LogP contribution < -0.4 is 9.64 Å². The number of amides is 1. The van der Waals surface area contributed by atoms with E-state index in [1.807, 2.05) is 46.7 Å². The maximum absolute atomic E-state index is 14.0. The van der Waals surface area contributed by atoms with Crippen molar-refractivity contribution in [3.8, 4) is 5.75 Å². The van der Waals surface area contributed by atoms with E-state index in [9.17, 15) is 13.6 Å². The van der Waals surface area contributed by atoms with Crippen LogP contribution in [0, 0.1) is 11.6 Å². The van der Waals surface area contributed by atoms with E-state index in [4.69, 9.17) is 4.74 Å². The van der Waals surface area contributed by atoms with Gasteiger partial charge in [0.15, 0.2) is 0 Å². The lowest BCUT2D eigenvalue weighted by Crippen LogP contribution is -2.47. The zero-order valence-electron chi connectivity index (χ0n) is 17.3. The second-order valence-electron chi connectivity index (χ2n) is 7.60. The SMILES string of the molecule is COc1cccc(N(C(=O)c2cccs2)C2CCN(Cc3ccc(F)cc3F)CC2)c1. The zero-order chi connectivity index (χ0) is 21.8. The largest absolute Gasteiger partial charge is 0.497 e. The van der Waals surface area contributed by atoms with E-state index in [0.29, 0.717) is 22.7 Å². The molecule has 1 aliphatic rings. The number of ether oxygens (including phenoxy) is 1. The van der Waals surface area contributed by atoms with Crippen LogP contribution in [0.4, 0.5) is 14.5 Å². The van der Waals surface area contributed by atoms with E-state index in [0.717, 1.165) is 37.7 Å². The van der Waals surface area contributed by atoms with E-state index in [-0.39, 0.29) is 11.9 Å². The molecule has 4 nitrogen and oxygen atoms in total. The lowest BCUT2D eigenvalue weighted by Gasteiger charge is -2.38. The molecule has 1 saturated heterocycles. The van der Waals surface area contributed by atoms with E-state index in [2.05, 4.69) is 4.90 Å². The molecular formula is C24H24F2N2O2S. The lowest BCUT2D eigenvalue weighted by molar-refractivity contribution is 0.0962. The minimum absolute atomic E-state index is 0.0220. The number of carbonyl (C=O) groups is 1. The lowest BCUT2D eigenvalue weighted by atomic mass is 10.0. The van der Waals surface area contributed by atoms with Gasteiger partial charge in [-0.15, -0.1) is 11.3 Å². The molecule has 0 atom stereocenters. The molecule has 162 valence electrons. The van der Waals surface area contributed by atoms with Gasteiger partial charge in [0.2, 0.25) is 0 Å². The molecule has 0 aliphatic carbocycles. The number of hydrogen-bond acceptors (Lipinski definition) is 4. The maximum atomic E-state index is 14.0. The van der Waals surface area contributed by atoms with Gasteiger partial charge in [0.25, 0.3) is 5.91 Å². The van der Waals surface area contributed by atoms with Gasteiger partial charge in [0, 0.05) is 49.1 Å². The molecule has 0 unspecified atom stereocenters. The highest BCUT2D eigenvalue weighted by Crippen LogP contribution is 2.30. The van der Waals surface area contributed by atoms with Crippen molar-refractivity contribution < 1.29 is 18.3 Å². The highest BCUT2D eigenvalue weighted by Gasteiger charge is 2.30. The Balaban J connectivity index is 1.51. The van der Waals surface area contributed by atoms with Crippen LogP contribution in [0.2, 0.25) is 0 Å². The molecule has 31 heavy (non-hydrogen) atoms. The minimum atomic E-state index is -0.569. The van der Waals surface area contributed by atoms with Gasteiger partial charge in [-0.3, -0.25) is 9.69 Å². The predicted octanol–water partition coefficient (Wildman–Crippen LogP) is 5.35. The number of nitrogens with zero attached hydrogens (tertiary/aromatic N) is 2. The molecule has 1 aliphatic heterocycles. The van der Waals surface area contributed by atoms with Crippen LogP contribution in [-0.4, -0.2) is 37.0 Å². The van der Waals surface area contributed by atoms with Gasteiger partial charge in [-0.05, 0) is 42.5 Å². The predicted molar refractivity (Wildman–Crippen MR) is 119 cm³/mol. The summed E-state index contributed by atoms with van der Waals surface area (Å²) in [6.45, 7) is 1.87. The fraction of sp³-hybridized carbons (Fsp3) is 0.292. The van der Waals surface area contributed by atoms with Gasteiger partial charge >= 0.3 is 0 Å². The van der Waals surface area contributed by atoms with E-state index in [1.165, 1.54) is 23.5 Å². The first kappa shape index (κ1) is 21.5. The monoisotopic (exact) mass is 442 g/mol. The number of rotatable bonds is 6. The molecule has 3 aromatic rings. The van der Waals surface area contributed by atoms with Crippen LogP contribution in [0.3, 0.4) is 0 Å². The summed E-state index contributed by atoms with van der Waals surface area (Å²) in [5.41, 5.74) is 1.29. The van der Waals surface area contributed by atoms with Crippen molar-refractivity contribution in [2.45, 2.75) is 25.4 Å². The molecule has 0 saturated carbocycles. The maximum Gasteiger partial charge on any atom is 0.268 e. The molecule has 0 bridgehead atoms. The highest BCUT2D eigenvalue weighted by atomic mass is 32.1. The van der Waals surface area contributed by atoms with Crippen LogP contribution in [0.25, 0.3) is 0 Å². The third kappa shape index (κ3) is 4.94. The molecule has 1 fully saturated rings. The third-order valence-corrected chi connectivity index (χ3v) is 6.47. The Hall–Kier alpha value is -2.77. The quantitative estimate of drug-likeness (QED) is 0.516. The second kappa shape index (κ2) is 9.58. The van der Waals surface area contributed by atoms with Gasteiger partial charge in [0.1, 0.15) is 17.4 Å². The van der Waals surface area contributed by atoms with E-state index >= 15 is 0 Å². The van der Waals surface area contributed by atoms with Gasteiger partial charge < -0.3 is 9.64 Å². The van der Waals surface area contributed by atoms with Gasteiger partial charge in [-0.1, -0.05) is 18.2 Å². The summed E-state index contributed by atoms with van der Waals surface area (Å²) in [5.74, 6) is -0.411. The molecule has 1 amide bonds. The Morgan fingerprint density at radius 3 is 2.61 bits per heavy atom. The van der Waals surface area contributed by atoms with Gasteiger partial charge in [-0.25, -0.2) is 8.78 Å². The number of anilines is 1. The Kier molecular flexibility index (Phi) is 6.63. The molecule has 0 spiro atoms. The van der Waals surface area contributed by atoms with Crippen molar-refractivity contribution in [3.05, 3.63) is 82.1 Å². The summed E-state index contributed by atoms with van der Waals surface area (Å²) in [6, 6.07) is 15.0. The number of piperidine rings is 1. The standard InChI is InChI=1S/C24H24F2N2O2S/c1-30-21-5-2-4-20(15-21)28(24(29)23-6-3-13-31-23)19-9-11-27(12-10-19)16-17-7-8-18(25)14-22(17)26/h2-8,13-15,19H,9-12,16H2,1H3. The number of benzene rings is 2. The summed E-state index contributed by atoms with van der Waals surface area (Å²) in [7, 11) is 1.61. The van der Waals surface area contributed by atoms with Crippen LogP contribution in [0.15, 0.2) is 60.0 Å². The normalized spacial score (nSPS) is 15.1. The van der Waals surface area contributed by atoms with E-state index < -0.39 is 11.6 Å². The highest BCUT2D eigenvalue weighted by molar-refractivity contribution is 7.12. The van der Waals surface area contributed by atoms with E-state index in [1.54, 1.807) is 7.11 Å². The van der Waals surface area contributed by atoms with Crippen LogP contribution in [-0.2, 0) is 6.54 Å². The molecule has 1 aromatic heterocycles. The Morgan fingerprint density at radius 2 is 1.94 bits per heavy atom. The summed E-state index contributed by atoms with van der Waals surface area (Å²) >= 11 is 1.43. The average molecular weight is 443 g/mol. The summed E-state index contributed by atoms with van der Waals surface area (Å²) in [5, 5.41) is 1.90. The fourth-order valence-electron chi connectivity index (χ4n) is 4.00. The van der Waals surface area contributed by atoms with Crippen molar-refractivity contribution in [1.29, 1.82) is 0 Å². The number of methoxy groups -OCH3 is 1. The first-order chi connectivity index (χ1) is 15.0. The van der Waals surface area contributed by atoms with Crippen molar-refractivity contribution in [2.75, 3.05) is 25.1 Å². The second-order valence-corrected chi connectivity index (χ2v) is 8.54. The summed E-state index contributed by atoms with van der Waals surface area (Å²) in [6.07, 6.45) is 1.52. The number of thiophene rings is 1. The Bertz CT molecular complexity index is 1030. The molecule has 4 rings (SSSR count). The molecule has 7 heteroatoms. The minimum Gasteiger partial charge on any atom is -0.497 e. The first-order valence-electron chi connectivity index (χ1n) is 10.2. The van der Waals surface area contributed by atoms with Crippen LogP contribution in [0.1, 0.15) is 28.1 Å². The molecule has 2 heterocycles. The fourth-order valence-corrected chi connectivity index (χ4v) is 4.66. The van der Waals surface area contributed by atoms with Crippen molar-refractivity contribution in [3.63, 3.8) is 0 Å². The Morgan fingerprint density at radius 1 is 1.13 bits per heavy atom. The number of carbonyl (C=O) groups excluding carboxylic acids is 1. The van der Waals surface area contributed by atoms with Crippen molar-refractivity contribution in [1.82, 2.24) is 4.90 Å². The topological polar surface area (TPSA) is 32.8 Å². The molecule has 0 N–H and O–H groups in total. The molecule has 0 radical (unpaired) electrons. The van der Waals surface area contributed by atoms with Crippen LogP contribution >= 0.6 is 11.3 Å². The zero-order valence-corrected chi connectivity index (χ0v) is 18.1. The summed E-state index contributed by atoms with van der Waals surface area (Å²) in [4.78, 5) is 18.1. The van der Waals surface area contributed by atoms with Crippen molar-refractivity contribution >= 4 is 22.9 Å². The van der Waals surface area contributed by atoms with Gasteiger partial charge in [0.05, 0.1) is 12.0 Å².